The zero-order chi connectivity index (χ0) is 14.5. The van der Waals surface area contributed by atoms with E-state index in [1.165, 1.54) is 7.11 Å². The number of benzene rings is 1. The van der Waals surface area contributed by atoms with Crippen LogP contribution in [0.3, 0.4) is 0 Å². The normalized spacial score (nSPS) is 10.7. The molecule has 0 aliphatic carbocycles. The number of ether oxygens (including phenoxy) is 2. The third-order valence-corrected chi connectivity index (χ3v) is 2.15. The van der Waals surface area contributed by atoms with Gasteiger partial charge in [-0.2, -0.15) is 0 Å². The molecule has 1 aromatic carbocycles. The van der Waals surface area contributed by atoms with Gasteiger partial charge >= 0.3 is 5.97 Å². The Bertz CT molecular complexity index is 463. The highest BCUT2D eigenvalue weighted by Gasteiger charge is 2.16. The van der Waals surface area contributed by atoms with E-state index in [2.05, 4.69) is 5.32 Å². The summed E-state index contributed by atoms with van der Waals surface area (Å²) >= 11 is 0. The van der Waals surface area contributed by atoms with Crippen LogP contribution in [-0.2, 0) is 9.53 Å². The molecule has 5 nitrogen and oxygen atoms in total. The topological polar surface area (TPSA) is 64.6 Å². The molecule has 0 saturated heterocycles. The summed E-state index contributed by atoms with van der Waals surface area (Å²) in [5.74, 6) is -0.319. The molecule has 0 aliphatic heterocycles. The average molecular weight is 265 g/mol. The van der Waals surface area contributed by atoms with Crippen molar-refractivity contribution in [3.63, 3.8) is 0 Å². The van der Waals surface area contributed by atoms with Crippen LogP contribution < -0.4 is 10.1 Å². The van der Waals surface area contributed by atoms with Crippen molar-refractivity contribution in [1.29, 1.82) is 0 Å². The van der Waals surface area contributed by atoms with Crippen LogP contribution in [0.1, 0.15) is 31.1 Å². The number of carbonyl (C=O) groups is 2. The molecule has 0 heterocycles. The van der Waals surface area contributed by atoms with Crippen molar-refractivity contribution >= 4 is 11.9 Å². The molecule has 0 radical (unpaired) electrons. The minimum atomic E-state index is -0.553. The van der Waals surface area contributed by atoms with Crippen molar-refractivity contribution in [3.8, 4) is 5.75 Å². The third-order valence-electron chi connectivity index (χ3n) is 2.15. The number of rotatable bonds is 4. The molecule has 0 spiro atoms. The maximum atomic E-state index is 11.7. The predicted octanol–water partition coefficient (Wildman–Crippen LogP) is 1.77. The molecule has 1 rings (SSSR count). The number of esters is 1. The maximum absolute atomic E-state index is 11.7. The first kappa shape index (κ1) is 15.0. The lowest BCUT2D eigenvalue weighted by Gasteiger charge is -2.20. The average Bonchev–Trinajstić information content (AvgIpc) is 2.34. The summed E-state index contributed by atoms with van der Waals surface area (Å²) in [6.45, 7) is 5.27. The monoisotopic (exact) mass is 265 g/mol. The van der Waals surface area contributed by atoms with Gasteiger partial charge in [-0.15, -0.1) is 0 Å². The van der Waals surface area contributed by atoms with E-state index in [4.69, 9.17) is 9.47 Å². The highest BCUT2D eigenvalue weighted by Crippen LogP contribution is 2.13. The number of carbonyl (C=O) groups excluding carboxylic acids is 2. The fraction of sp³-hybridized carbons (Fsp3) is 0.429. The highest BCUT2D eigenvalue weighted by molar-refractivity contribution is 5.91. The zero-order valence-corrected chi connectivity index (χ0v) is 11.6. The summed E-state index contributed by atoms with van der Waals surface area (Å²) < 4.78 is 9.94. The zero-order valence-electron chi connectivity index (χ0n) is 11.6. The van der Waals surface area contributed by atoms with Gasteiger partial charge < -0.3 is 14.8 Å². The molecule has 0 atom stereocenters. The smallest absolute Gasteiger partial charge is 0.338 e. The Labute approximate surface area is 112 Å². The second kappa shape index (κ2) is 6.22. The summed E-state index contributed by atoms with van der Waals surface area (Å²) in [5, 5.41) is 2.71. The van der Waals surface area contributed by atoms with Crippen LogP contribution in [0.4, 0.5) is 0 Å². The standard InChI is InChI=1S/C14H19NO4/c1-14(2,3)15-12(16)9-19-13(17)10-6-5-7-11(8-10)18-4/h5-8H,9H2,1-4H3,(H,15,16). The summed E-state index contributed by atoms with van der Waals surface area (Å²) in [5.41, 5.74) is 0.00216. The van der Waals surface area contributed by atoms with E-state index in [0.717, 1.165) is 0 Å². The quantitative estimate of drug-likeness (QED) is 0.843. The van der Waals surface area contributed by atoms with E-state index in [-0.39, 0.29) is 18.1 Å². The number of hydrogen-bond donors (Lipinski definition) is 1. The van der Waals surface area contributed by atoms with Gasteiger partial charge in [0, 0.05) is 5.54 Å². The molecule has 104 valence electrons. The van der Waals surface area contributed by atoms with Gasteiger partial charge in [-0.05, 0) is 39.0 Å². The fourth-order valence-corrected chi connectivity index (χ4v) is 1.42. The largest absolute Gasteiger partial charge is 0.497 e. The molecule has 0 fully saturated rings. The van der Waals surface area contributed by atoms with Gasteiger partial charge in [0.25, 0.3) is 5.91 Å². The molecule has 0 aliphatic rings. The number of methoxy groups -OCH3 is 1. The molecule has 5 heteroatoms. The van der Waals surface area contributed by atoms with E-state index in [9.17, 15) is 9.59 Å². The Balaban J connectivity index is 2.53. The minimum Gasteiger partial charge on any atom is -0.497 e. The number of hydrogen-bond acceptors (Lipinski definition) is 4. The van der Waals surface area contributed by atoms with Crippen molar-refractivity contribution in [2.24, 2.45) is 0 Å². The van der Waals surface area contributed by atoms with Crippen LogP contribution in [0.25, 0.3) is 0 Å². The van der Waals surface area contributed by atoms with Gasteiger partial charge in [0.2, 0.25) is 0 Å². The maximum Gasteiger partial charge on any atom is 0.338 e. The second-order valence-electron chi connectivity index (χ2n) is 5.11. The molecule has 1 aromatic rings. The lowest BCUT2D eigenvalue weighted by atomic mass is 10.1. The number of amides is 1. The third kappa shape index (κ3) is 5.42. The van der Waals surface area contributed by atoms with Crippen molar-refractivity contribution in [2.45, 2.75) is 26.3 Å². The summed E-state index contributed by atoms with van der Waals surface area (Å²) in [4.78, 5) is 23.2. The van der Waals surface area contributed by atoms with Gasteiger partial charge in [0.15, 0.2) is 6.61 Å². The van der Waals surface area contributed by atoms with Crippen molar-refractivity contribution < 1.29 is 19.1 Å². The Hall–Kier alpha value is -2.04. The van der Waals surface area contributed by atoms with Crippen LogP contribution in [0, 0.1) is 0 Å². The molecule has 0 aromatic heterocycles. The Kier molecular flexibility index (Phi) is 4.92. The van der Waals surface area contributed by atoms with E-state index in [1.807, 2.05) is 20.8 Å². The van der Waals surface area contributed by atoms with Gasteiger partial charge in [-0.1, -0.05) is 6.07 Å². The van der Waals surface area contributed by atoms with Crippen molar-refractivity contribution in [2.75, 3.05) is 13.7 Å². The van der Waals surface area contributed by atoms with Crippen LogP contribution in [0.2, 0.25) is 0 Å². The van der Waals surface area contributed by atoms with Gasteiger partial charge in [0.1, 0.15) is 5.75 Å². The van der Waals surface area contributed by atoms with Crippen LogP contribution >= 0.6 is 0 Å². The van der Waals surface area contributed by atoms with E-state index in [1.54, 1.807) is 24.3 Å². The lowest BCUT2D eigenvalue weighted by Crippen LogP contribution is -2.42. The predicted molar refractivity (Wildman–Crippen MR) is 71.2 cm³/mol. The van der Waals surface area contributed by atoms with Gasteiger partial charge in [0.05, 0.1) is 12.7 Å². The molecule has 1 N–H and O–H groups in total. The first-order valence-electron chi connectivity index (χ1n) is 5.94. The first-order chi connectivity index (χ1) is 8.81. The molecular formula is C14H19NO4. The van der Waals surface area contributed by atoms with Crippen molar-refractivity contribution in [1.82, 2.24) is 5.32 Å². The van der Waals surface area contributed by atoms with Gasteiger partial charge in [-0.3, -0.25) is 4.79 Å². The van der Waals surface area contributed by atoms with E-state index < -0.39 is 5.97 Å². The SMILES string of the molecule is COc1cccc(C(=O)OCC(=O)NC(C)(C)C)c1. The summed E-state index contributed by atoms with van der Waals surface area (Å²) in [6.07, 6.45) is 0. The lowest BCUT2D eigenvalue weighted by molar-refractivity contribution is -0.125. The van der Waals surface area contributed by atoms with Crippen LogP contribution in [0.15, 0.2) is 24.3 Å². The van der Waals surface area contributed by atoms with Crippen LogP contribution in [-0.4, -0.2) is 31.1 Å². The molecular weight excluding hydrogens is 246 g/mol. The Morgan fingerprint density at radius 2 is 1.95 bits per heavy atom. The fourth-order valence-electron chi connectivity index (χ4n) is 1.42. The minimum absolute atomic E-state index is 0.298. The molecule has 0 saturated carbocycles. The first-order valence-corrected chi connectivity index (χ1v) is 5.94. The molecule has 0 bridgehead atoms. The second-order valence-corrected chi connectivity index (χ2v) is 5.11. The Morgan fingerprint density at radius 1 is 1.26 bits per heavy atom. The molecule has 1 amide bonds. The molecule has 19 heavy (non-hydrogen) atoms. The number of nitrogens with one attached hydrogen (secondary N) is 1. The summed E-state index contributed by atoms with van der Waals surface area (Å²) in [7, 11) is 1.52. The summed E-state index contributed by atoms with van der Waals surface area (Å²) in [6, 6.07) is 6.57. The van der Waals surface area contributed by atoms with Gasteiger partial charge in [-0.25, -0.2) is 4.79 Å². The van der Waals surface area contributed by atoms with Crippen molar-refractivity contribution in [3.05, 3.63) is 29.8 Å². The highest BCUT2D eigenvalue weighted by atomic mass is 16.5. The molecule has 0 unspecified atom stereocenters. The van der Waals surface area contributed by atoms with E-state index in [0.29, 0.717) is 11.3 Å². The van der Waals surface area contributed by atoms with Crippen LogP contribution in [0.5, 0.6) is 5.75 Å². The van der Waals surface area contributed by atoms with E-state index >= 15 is 0 Å². The Morgan fingerprint density at radius 3 is 2.53 bits per heavy atom.